The summed E-state index contributed by atoms with van der Waals surface area (Å²) in [6.45, 7) is 1.20. The molecule has 1 aliphatic rings. The van der Waals surface area contributed by atoms with Crippen LogP contribution in [0.5, 0.6) is 0 Å². The molecule has 9 nitrogen and oxygen atoms in total. The van der Waals surface area contributed by atoms with Crippen molar-refractivity contribution in [3.05, 3.63) is 30.6 Å². The first-order valence-electron chi connectivity index (χ1n) is 8.36. The van der Waals surface area contributed by atoms with Crippen molar-refractivity contribution in [3.8, 4) is 0 Å². The molecule has 0 spiro atoms. The SMILES string of the molecule is CN(C)c1ccc(NC(=O)C2CN(c3ncnc4c3nnn4C)C2)cc1. The summed E-state index contributed by atoms with van der Waals surface area (Å²) in [6, 6.07) is 7.79. The van der Waals surface area contributed by atoms with Crippen LogP contribution in [0.3, 0.4) is 0 Å². The number of amides is 1. The van der Waals surface area contributed by atoms with Gasteiger partial charge in [0.05, 0.1) is 5.92 Å². The molecule has 1 aliphatic heterocycles. The first-order valence-corrected chi connectivity index (χ1v) is 8.36. The number of fused-ring (bicyclic) bond motifs is 1. The number of carbonyl (C=O) groups is 1. The lowest BCUT2D eigenvalue weighted by molar-refractivity contribution is -0.120. The summed E-state index contributed by atoms with van der Waals surface area (Å²) in [4.78, 5) is 25.0. The lowest BCUT2D eigenvalue weighted by Gasteiger charge is -2.38. The van der Waals surface area contributed by atoms with Gasteiger partial charge < -0.3 is 15.1 Å². The van der Waals surface area contributed by atoms with Crippen molar-refractivity contribution in [2.24, 2.45) is 13.0 Å². The van der Waals surface area contributed by atoms with E-state index in [4.69, 9.17) is 0 Å². The monoisotopic (exact) mass is 352 g/mol. The van der Waals surface area contributed by atoms with Gasteiger partial charge in [-0.2, -0.15) is 0 Å². The highest BCUT2D eigenvalue weighted by Crippen LogP contribution is 2.28. The highest BCUT2D eigenvalue weighted by atomic mass is 16.2. The summed E-state index contributed by atoms with van der Waals surface area (Å²) in [5.41, 5.74) is 3.24. The molecule has 4 rings (SSSR count). The molecule has 2 aromatic heterocycles. The first-order chi connectivity index (χ1) is 12.5. The number of nitrogens with zero attached hydrogens (tertiary/aromatic N) is 7. The van der Waals surface area contributed by atoms with Crippen molar-refractivity contribution in [1.29, 1.82) is 0 Å². The molecule has 0 aliphatic carbocycles. The lowest BCUT2D eigenvalue weighted by atomic mass is 9.99. The van der Waals surface area contributed by atoms with Crippen LogP contribution in [0.4, 0.5) is 17.2 Å². The molecule has 26 heavy (non-hydrogen) atoms. The molecular formula is C17H20N8O. The Bertz CT molecular complexity index is 943. The smallest absolute Gasteiger partial charge is 0.231 e. The third kappa shape index (κ3) is 2.81. The van der Waals surface area contributed by atoms with Crippen molar-refractivity contribution in [2.45, 2.75) is 0 Å². The van der Waals surface area contributed by atoms with Gasteiger partial charge in [0, 0.05) is 45.6 Å². The third-order valence-corrected chi connectivity index (χ3v) is 4.57. The minimum atomic E-state index is -0.0785. The van der Waals surface area contributed by atoms with Crippen LogP contribution in [-0.4, -0.2) is 58.1 Å². The lowest BCUT2D eigenvalue weighted by Crippen LogP contribution is -2.52. The van der Waals surface area contributed by atoms with Gasteiger partial charge in [-0.15, -0.1) is 5.10 Å². The van der Waals surface area contributed by atoms with Crippen molar-refractivity contribution >= 4 is 34.3 Å². The van der Waals surface area contributed by atoms with Crippen LogP contribution in [0.25, 0.3) is 11.2 Å². The molecule has 1 N–H and O–H groups in total. The Kier molecular flexibility index (Phi) is 3.90. The Morgan fingerprint density at radius 3 is 2.62 bits per heavy atom. The summed E-state index contributed by atoms with van der Waals surface area (Å²) in [6.07, 6.45) is 1.50. The third-order valence-electron chi connectivity index (χ3n) is 4.57. The molecular weight excluding hydrogens is 332 g/mol. The Hall–Kier alpha value is -3.23. The minimum Gasteiger partial charge on any atom is -0.378 e. The number of aromatic nitrogens is 5. The van der Waals surface area contributed by atoms with Gasteiger partial charge in [0.15, 0.2) is 17.0 Å². The van der Waals surface area contributed by atoms with E-state index in [0.717, 1.165) is 17.2 Å². The molecule has 9 heteroatoms. The van der Waals surface area contributed by atoms with E-state index in [2.05, 4.69) is 25.6 Å². The predicted molar refractivity (Wildman–Crippen MR) is 99.2 cm³/mol. The van der Waals surface area contributed by atoms with Gasteiger partial charge in [-0.3, -0.25) is 4.79 Å². The zero-order valence-electron chi connectivity index (χ0n) is 14.9. The van der Waals surface area contributed by atoms with Gasteiger partial charge in [0.2, 0.25) is 5.91 Å². The molecule has 1 amide bonds. The number of rotatable bonds is 4. The molecule has 0 saturated carbocycles. The maximum absolute atomic E-state index is 12.4. The van der Waals surface area contributed by atoms with Crippen LogP contribution in [0.1, 0.15) is 0 Å². The van der Waals surface area contributed by atoms with Crippen LogP contribution in [-0.2, 0) is 11.8 Å². The molecule has 134 valence electrons. The number of aryl methyl sites for hydroxylation is 1. The first kappa shape index (κ1) is 16.2. The molecule has 0 unspecified atom stereocenters. The number of anilines is 3. The van der Waals surface area contributed by atoms with Gasteiger partial charge in [0.1, 0.15) is 6.33 Å². The molecule has 0 bridgehead atoms. The van der Waals surface area contributed by atoms with Gasteiger partial charge in [0.25, 0.3) is 0 Å². The second-order valence-electron chi connectivity index (χ2n) is 6.61. The van der Waals surface area contributed by atoms with E-state index in [1.165, 1.54) is 6.33 Å². The molecule has 1 saturated heterocycles. The number of carbonyl (C=O) groups excluding carboxylic acids is 1. The van der Waals surface area contributed by atoms with Crippen LogP contribution in [0.15, 0.2) is 30.6 Å². The van der Waals surface area contributed by atoms with Crippen LogP contribution in [0.2, 0.25) is 0 Å². The van der Waals surface area contributed by atoms with Gasteiger partial charge in [-0.1, -0.05) is 5.21 Å². The van der Waals surface area contributed by atoms with E-state index in [1.807, 2.05) is 48.2 Å². The number of benzene rings is 1. The molecule has 1 aromatic carbocycles. The Morgan fingerprint density at radius 2 is 1.92 bits per heavy atom. The molecule has 1 fully saturated rings. The molecule has 3 aromatic rings. The largest absolute Gasteiger partial charge is 0.378 e. The summed E-state index contributed by atoms with van der Waals surface area (Å²) in [7, 11) is 5.76. The van der Waals surface area contributed by atoms with Crippen LogP contribution >= 0.6 is 0 Å². The summed E-state index contributed by atoms with van der Waals surface area (Å²) in [5.74, 6) is 0.663. The molecule has 0 atom stereocenters. The standard InChI is InChI=1S/C17H20N8O/c1-23(2)13-6-4-12(5-7-13)20-17(26)11-8-25(9-11)16-14-15(18-10-19-16)24(3)22-21-14/h4-7,10-11H,8-9H2,1-3H3,(H,20,26). The highest BCUT2D eigenvalue weighted by Gasteiger charge is 2.35. The summed E-state index contributed by atoms with van der Waals surface area (Å²) in [5, 5.41) is 11.1. The van der Waals surface area contributed by atoms with Crippen molar-refractivity contribution in [1.82, 2.24) is 25.0 Å². The predicted octanol–water partition coefficient (Wildman–Crippen LogP) is 0.899. The molecule has 0 radical (unpaired) electrons. The van der Waals surface area contributed by atoms with Gasteiger partial charge in [-0.25, -0.2) is 14.6 Å². The van der Waals surface area contributed by atoms with Crippen molar-refractivity contribution < 1.29 is 4.79 Å². The van der Waals surface area contributed by atoms with E-state index in [0.29, 0.717) is 24.3 Å². The maximum Gasteiger partial charge on any atom is 0.231 e. The Labute approximate surface area is 150 Å². The topological polar surface area (TPSA) is 92.1 Å². The average Bonchev–Trinajstić information content (AvgIpc) is 2.96. The number of nitrogens with one attached hydrogen (secondary N) is 1. The fraction of sp³-hybridized carbons (Fsp3) is 0.353. The Morgan fingerprint density at radius 1 is 1.19 bits per heavy atom. The fourth-order valence-electron chi connectivity index (χ4n) is 2.98. The minimum absolute atomic E-state index is 0.0169. The highest BCUT2D eigenvalue weighted by molar-refractivity contribution is 5.95. The normalized spacial score (nSPS) is 14.3. The van der Waals surface area contributed by atoms with Gasteiger partial charge >= 0.3 is 0 Å². The zero-order chi connectivity index (χ0) is 18.3. The van der Waals surface area contributed by atoms with Crippen molar-refractivity contribution in [3.63, 3.8) is 0 Å². The van der Waals surface area contributed by atoms with Crippen molar-refractivity contribution in [2.75, 3.05) is 42.3 Å². The quantitative estimate of drug-likeness (QED) is 0.746. The second-order valence-corrected chi connectivity index (χ2v) is 6.61. The zero-order valence-corrected chi connectivity index (χ0v) is 14.9. The van der Waals surface area contributed by atoms with Crippen LogP contribution in [0, 0.1) is 5.92 Å². The number of hydrogen-bond acceptors (Lipinski definition) is 7. The van der Waals surface area contributed by atoms with E-state index < -0.39 is 0 Å². The fourth-order valence-corrected chi connectivity index (χ4v) is 2.98. The number of hydrogen-bond donors (Lipinski definition) is 1. The summed E-state index contributed by atoms with van der Waals surface area (Å²) >= 11 is 0. The average molecular weight is 352 g/mol. The second kappa shape index (κ2) is 6.25. The summed E-state index contributed by atoms with van der Waals surface area (Å²) < 4.78 is 1.61. The maximum atomic E-state index is 12.4. The molecule has 3 heterocycles. The van der Waals surface area contributed by atoms with E-state index in [-0.39, 0.29) is 11.8 Å². The van der Waals surface area contributed by atoms with Crippen LogP contribution < -0.4 is 15.1 Å². The van der Waals surface area contributed by atoms with E-state index >= 15 is 0 Å². The van der Waals surface area contributed by atoms with E-state index in [1.54, 1.807) is 11.7 Å². The van der Waals surface area contributed by atoms with Gasteiger partial charge in [-0.05, 0) is 24.3 Å². The Balaban J connectivity index is 1.40. The van der Waals surface area contributed by atoms with E-state index in [9.17, 15) is 4.79 Å².